The zero-order valence-electron chi connectivity index (χ0n) is 19.7. The largest absolute Gasteiger partial charge is 0.497 e. The molecule has 0 aliphatic heterocycles. The van der Waals surface area contributed by atoms with Crippen molar-refractivity contribution in [2.75, 3.05) is 14.2 Å². The van der Waals surface area contributed by atoms with E-state index in [0.717, 1.165) is 9.54 Å². The summed E-state index contributed by atoms with van der Waals surface area (Å²) >= 11 is 0. The lowest BCUT2D eigenvalue weighted by molar-refractivity contribution is 0.407. The van der Waals surface area contributed by atoms with Crippen LogP contribution < -0.4 is 9.47 Å². The number of aromatic nitrogens is 3. The normalized spacial score (nSPS) is 12.1. The molecule has 0 fully saturated rings. The van der Waals surface area contributed by atoms with E-state index in [1.807, 2.05) is 0 Å². The molecule has 4 aromatic rings. The molecular formula is C24H25N3O6S2. The van der Waals surface area contributed by atoms with Gasteiger partial charge in [-0.25, -0.2) is 25.8 Å². The summed E-state index contributed by atoms with van der Waals surface area (Å²) in [5.74, 6) is 0.00719. The number of aryl methyl sites for hydroxylation is 1. The summed E-state index contributed by atoms with van der Waals surface area (Å²) in [6.45, 7) is 3.52. The molecule has 0 aliphatic rings. The Morgan fingerprint density at radius 1 is 0.914 bits per heavy atom. The molecule has 0 unspecified atom stereocenters. The van der Waals surface area contributed by atoms with Crippen molar-refractivity contribution >= 4 is 30.9 Å². The quantitative estimate of drug-likeness (QED) is 0.350. The van der Waals surface area contributed by atoms with Gasteiger partial charge in [0.05, 0.1) is 36.7 Å². The second kappa shape index (κ2) is 9.31. The lowest BCUT2D eigenvalue weighted by Crippen LogP contribution is -2.22. The van der Waals surface area contributed by atoms with Crippen LogP contribution in [0.1, 0.15) is 22.4 Å². The fraction of sp³-hybridized carbons (Fsp3) is 0.250. The Bertz CT molecular complexity index is 1610. The third kappa shape index (κ3) is 4.73. The Labute approximate surface area is 204 Å². The van der Waals surface area contributed by atoms with Crippen molar-refractivity contribution in [3.05, 3.63) is 77.1 Å². The van der Waals surface area contributed by atoms with Gasteiger partial charge in [0, 0.05) is 23.4 Å². The van der Waals surface area contributed by atoms with E-state index < -0.39 is 36.5 Å². The van der Waals surface area contributed by atoms with Gasteiger partial charge < -0.3 is 9.47 Å². The van der Waals surface area contributed by atoms with E-state index in [0.29, 0.717) is 22.6 Å². The molecule has 0 bridgehead atoms. The van der Waals surface area contributed by atoms with E-state index in [1.165, 1.54) is 32.5 Å². The molecule has 184 valence electrons. The van der Waals surface area contributed by atoms with Crippen molar-refractivity contribution in [2.24, 2.45) is 0 Å². The average molecular weight is 516 g/mol. The van der Waals surface area contributed by atoms with Crippen LogP contribution in [0.3, 0.4) is 0 Å². The fourth-order valence-electron chi connectivity index (χ4n) is 3.92. The molecule has 0 saturated heterocycles. The smallest absolute Gasteiger partial charge is 0.245 e. The number of benzene rings is 2. The number of fused-ring (bicyclic) bond motifs is 1. The monoisotopic (exact) mass is 515 g/mol. The molecule has 0 N–H and O–H groups in total. The van der Waals surface area contributed by atoms with Gasteiger partial charge in [-0.15, -0.1) is 0 Å². The number of sulfone groups is 1. The van der Waals surface area contributed by atoms with Crippen LogP contribution in [0.2, 0.25) is 0 Å². The molecule has 0 atom stereocenters. The van der Waals surface area contributed by atoms with Crippen LogP contribution in [-0.2, 0) is 31.4 Å². The van der Waals surface area contributed by atoms with E-state index in [2.05, 4.69) is 9.97 Å². The minimum Gasteiger partial charge on any atom is -0.497 e. The van der Waals surface area contributed by atoms with Crippen molar-refractivity contribution in [1.29, 1.82) is 0 Å². The van der Waals surface area contributed by atoms with Crippen molar-refractivity contribution in [2.45, 2.75) is 30.5 Å². The van der Waals surface area contributed by atoms with Gasteiger partial charge >= 0.3 is 0 Å². The second-order valence-electron chi connectivity index (χ2n) is 8.06. The zero-order chi connectivity index (χ0) is 25.4. The van der Waals surface area contributed by atoms with Gasteiger partial charge in [0.15, 0.2) is 0 Å². The number of ether oxygens (including phenoxy) is 2. The van der Waals surface area contributed by atoms with Crippen LogP contribution in [-0.4, -0.2) is 45.0 Å². The highest BCUT2D eigenvalue weighted by atomic mass is 32.2. The third-order valence-corrected chi connectivity index (χ3v) is 8.84. The highest BCUT2D eigenvalue weighted by Gasteiger charge is 2.32. The molecular weight excluding hydrogens is 490 g/mol. The molecule has 9 nitrogen and oxygen atoms in total. The minimum atomic E-state index is -4.25. The first-order valence-electron chi connectivity index (χ1n) is 10.6. The molecule has 4 rings (SSSR count). The highest BCUT2D eigenvalue weighted by molar-refractivity contribution is 7.92. The van der Waals surface area contributed by atoms with Crippen molar-refractivity contribution in [3.8, 4) is 11.5 Å². The summed E-state index contributed by atoms with van der Waals surface area (Å²) in [7, 11) is -5.45. The van der Waals surface area contributed by atoms with E-state index in [4.69, 9.17) is 9.47 Å². The van der Waals surface area contributed by atoms with Crippen LogP contribution in [0.5, 0.6) is 11.5 Å². The van der Waals surface area contributed by atoms with Gasteiger partial charge in [-0.3, -0.25) is 4.98 Å². The maximum atomic E-state index is 13.6. The van der Waals surface area contributed by atoms with Gasteiger partial charge in [0.1, 0.15) is 17.3 Å². The molecule has 0 radical (unpaired) electrons. The maximum absolute atomic E-state index is 13.6. The third-order valence-electron chi connectivity index (χ3n) is 5.62. The van der Waals surface area contributed by atoms with Crippen molar-refractivity contribution < 1.29 is 26.3 Å². The standard InChI is InChI=1S/C24H25N3O6S2/c1-16-13-25-21(17(2)23(16)33-4)15-34(28,29)24-26-20-12-19(32-3)10-11-22(20)27(24)35(30,31)14-18-8-6-5-7-9-18/h5-13H,14-15H2,1-4H3. The van der Waals surface area contributed by atoms with Crippen molar-refractivity contribution in [1.82, 2.24) is 13.9 Å². The molecule has 0 spiro atoms. The van der Waals surface area contributed by atoms with Crippen LogP contribution >= 0.6 is 0 Å². The summed E-state index contributed by atoms with van der Waals surface area (Å²) in [5.41, 5.74) is 2.43. The first-order valence-corrected chi connectivity index (χ1v) is 13.9. The zero-order valence-corrected chi connectivity index (χ0v) is 21.4. The van der Waals surface area contributed by atoms with E-state index in [9.17, 15) is 16.8 Å². The SMILES string of the molecule is COc1ccc2c(c1)nc(S(=O)(=O)Cc1ncc(C)c(OC)c1C)n2S(=O)(=O)Cc1ccccc1. The Hall–Kier alpha value is -3.44. The first-order chi connectivity index (χ1) is 16.6. The molecule has 11 heteroatoms. The lowest BCUT2D eigenvalue weighted by atomic mass is 10.1. The summed E-state index contributed by atoms with van der Waals surface area (Å²) in [6, 6.07) is 13.1. The maximum Gasteiger partial charge on any atom is 0.245 e. The molecule has 0 aliphatic carbocycles. The van der Waals surface area contributed by atoms with E-state index in [-0.39, 0.29) is 16.7 Å². The molecule has 35 heavy (non-hydrogen) atoms. The number of nitrogens with zero attached hydrogens (tertiary/aromatic N) is 3. The summed E-state index contributed by atoms with van der Waals surface area (Å²) in [5, 5.41) is -0.572. The second-order valence-corrected chi connectivity index (χ2v) is 11.8. The first kappa shape index (κ1) is 24.7. The number of pyridine rings is 1. The number of rotatable bonds is 8. The topological polar surface area (TPSA) is 117 Å². The molecule has 2 heterocycles. The van der Waals surface area contributed by atoms with Gasteiger partial charge in [-0.2, -0.15) is 0 Å². The predicted octanol–water partition coefficient (Wildman–Crippen LogP) is 3.42. The fourth-order valence-corrected chi connectivity index (χ4v) is 7.44. The molecule has 0 amide bonds. The molecule has 2 aromatic heterocycles. The van der Waals surface area contributed by atoms with Crippen LogP contribution in [0, 0.1) is 13.8 Å². The van der Waals surface area contributed by atoms with Gasteiger partial charge in [0.25, 0.3) is 0 Å². The highest BCUT2D eigenvalue weighted by Crippen LogP contribution is 2.30. The lowest BCUT2D eigenvalue weighted by Gasteiger charge is -2.14. The van der Waals surface area contributed by atoms with Crippen LogP contribution in [0.25, 0.3) is 11.0 Å². The van der Waals surface area contributed by atoms with Gasteiger partial charge in [-0.1, -0.05) is 30.3 Å². The van der Waals surface area contributed by atoms with Gasteiger partial charge in [0.2, 0.25) is 25.0 Å². The Balaban J connectivity index is 1.90. The van der Waals surface area contributed by atoms with E-state index in [1.54, 1.807) is 50.2 Å². The van der Waals surface area contributed by atoms with E-state index >= 15 is 0 Å². The predicted molar refractivity (Wildman–Crippen MR) is 132 cm³/mol. The Morgan fingerprint density at radius 3 is 2.29 bits per heavy atom. The average Bonchev–Trinajstić information content (AvgIpc) is 3.22. The van der Waals surface area contributed by atoms with Crippen LogP contribution in [0.15, 0.2) is 59.9 Å². The molecule has 0 saturated carbocycles. The minimum absolute atomic E-state index is 0.145. The van der Waals surface area contributed by atoms with Gasteiger partial charge in [-0.05, 0) is 31.5 Å². The summed E-state index contributed by atoms with van der Waals surface area (Å²) in [6.07, 6.45) is 1.52. The molecule has 2 aromatic carbocycles. The Kier molecular flexibility index (Phi) is 6.56. The number of imidazole rings is 1. The number of methoxy groups -OCH3 is 2. The summed E-state index contributed by atoms with van der Waals surface area (Å²) < 4.78 is 65.8. The number of hydrogen-bond donors (Lipinski definition) is 0. The summed E-state index contributed by atoms with van der Waals surface area (Å²) in [4.78, 5) is 8.52. The van der Waals surface area contributed by atoms with Crippen molar-refractivity contribution in [3.63, 3.8) is 0 Å². The van der Waals surface area contributed by atoms with Crippen LogP contribution in [0.4, 0.5) is 0 Å². The number of hydrogen-bond acceptors (Lipinski definition) is 8. The Morgan fingerprint density at radius 2 is 1.63 bits per heavy atom.